The van der Waals surface area contributed by atoms with E-state index in [1.54, 1.807) is 13.2 Å². The van der Waals surface area contributed by atoms with Crippen LogP contribution >= 0.6 is 11.6 Å². The minimum Gasteiger partial charge on any atom is -0.496 e. The van der Waals surface area contributed by atoms with Gasteiger partial charge in [-0.25, -0.2) is 0 Å². The van der Waals surface area contributed by atoms with Gasteiger partial charge in [0.05, 0.1) is 7.11 Å². The number of carbonyl (C=O) groups excluding carboxylic acids is 1. The van der Waals surface area contributed by atoms with Crippen molar-refractivity contribution in [1.29, 1.82) is 0 Å². The maximum atomic E-state index is 11.5. The molecule has 0 atom stereocenters. The Labute approximate surface area is 118 Å². The Morgan fingerprint density at radius 3 is 2.95 bits per heavy atom. The van der Waals surface area contributed by atoms with Crippen molar-refractivity contribution in [3.05, 3.63) is 28.8 Å². The van der Waals surface area contributed by atoms with Crippen LogP contribution in [0.25, 0.3) is 0 Å². The third-order valence-electron chi connectivity index (χ3n) is 3.03. The smallest absolute Gasteiger partial charge is 0.221 e. The van der Waals surface area contributed by atoms with Gasteiger partial charge in [-0.2, -0.15) is 0 Å². The minimum atomic E-state index is 0.119. The molecule has 0 bridgehead atoms. The van der Waals surface area contributed by atoms with Crippen LogP contribution in [0.15, 0.2) is 18.2 Å². The van der Waals surface area contributed by atoms with Gasteiger partial charge in [0.25, 0.3) is 0 Å². The van der Waals surface area contributed by atoms with E-state index in [0.717, 1.165) is 24.2 Å². The van der Waals surface area contributed by atoms with Gasteiger partial charge in [-0.05, 0) is 31.0 Å². The Morgan fingerprint density at radius 1 is 1.47 bits per heavy atom. The van der Waals surface area contributed by atoms with E-state index in [2.05, 4.69) is 10.6 Å². The Bertz CT molecular complexity index is 447. The van der Waals surface area contributed by atoms with E-state index in [1.807, 2.05) is 12.1 Å². The van der Waals surface area contributed by atoms with Crippen molar-refractivity contribution in [3.8, 4) is 5.75 Å². The second kappa shape index (κ2) is 6.78. The fourth-order valence-corrected chi connectivity index (χ4v) is 2.03. The lowest BCUT2D eigenvalue weighted by Gasteiger charge is -2.10. The summed E-state index contributed by atoms with van der Waals surface area (Å²) in [6.07, 6.45) is 2.75. The molecule has 0 heterocycles. The van der Waals surface area contributed by atoms with Crippen LogP contribution < -0.4 is 15.4 Å². The lowest BCUT2D eigenvalue weighted by atomic mass is 10.2. The van der Waals surface area contributed by atoms with E-state index in [1.165, 1.54) is 0 Å². The van der Waals surface area contributed by atoms with Gasteiger partial charge in [-0.1, -0.05) is 11.6 Å². The van der Waals surface area contributed by atoms with Crippen LogP contribution in [0.3, 0.4) is 0 Å². The SMILES string of the molecule is COc1ccc(Cl)cc1CNCCC(=O)NC1CC1. The Kier molecular flexibility index (Phi) is 5.05. The van der Waals surface area contributed by atoms with Crippen molar-refractivity contribution in [2.75, 3.05) is 13.7 Å². The number of methoxy groups -OCH3 is 1. The summed E-state index contributed by atoms with van der Waals surface area (Å²) in [6.45, 7) is 1.29. The van der Waals surface area contributed by atoms with Gasteiger partial charge in [0.15, 0.2) is 0 Å². The fourth-order valence-electron chi connectivity index (χ4n) is 1.84. The summed E-state index contributed by atoms with van der Waals surface area (Å²) >= 11 is 5.95. The van der Waals surface area contributed by atoms with Gasteiger partial charge in [0.1, 0.15) is 5.75 Å². The number of amides is 1. The summed E-state index contributed by atoms with van der Waals surface area (Å²) < 4.78 is 5.26. The highest BCUT2D eigenvalue weighted by Gasteiger charge is 2.22. The predicted octanol–water partition coefficient (Wildman–Crippen LogP) is 2.11. The summed E-state index contributed by atoms with van der Waals surface area (Å²) in [5.41, 5.74) is 0.998. The number of carbonyl (C=O) groups is 1. The second-order valence-corrected chi connectivity index (χ2v) is 5.16. The molecule has 1 fully saturated rings. The molecule has 1 amide bonds. The molecule has 0 radical (unpaired) electrons. The monoisotopic (exact) mass is 282 g/mol. The molecule has 1 aromatic rings. The standard InChI is InChI=1S/C14H19ClN2O2/c1-19-13-5-2-11(15)8-10(13)9-16-7-6-14(18)17-12-3-4-12/h2,5,8,12,16H,3-4,6-7,9H2,1H3,(H,17,18). The van der Waals surface area contributed by atoms with Gasteiger partial charge in [-0.15, -0.1) is 0 Å². The molecule has 1 saturated carbocycles. The number of nitrogens with one attached hydrogen (secondary N) is 2. The first-order valence-electron chi connectivity index (χ1n) is 6.51. The van der Waals surface area contributed by atoms with Crippen LogP contribution in [-0.4, -0.2) is 25.6 Å². The first-order chi connectivity index (χ1) is 9.19. The molecular formula is C14H19ClN2O2. The van der Waals surface area contributed by atoms with Crippen molar-refractivity contribution in [3.63, 3.8) is 0 Å². The first kappa shape index (κ1) is 14.2. The minimum absolute atomic E-state index is 0.119. The molecule has 0 saturated heterocycles. The van der Waals surface area contributed by atoms with Crippen molar-refractivity contribution in [2.45, 2.75) is 31.8 Å². The van der Waals surface area contributed by atoms with E-state index in [4.69, 9.17) is 16.3 Å². The van der Waals surface area contributed by atoms with Crippen LogP contribution in [0.5, 0.6) is 5.75 Å². The molecule has 1 aliphatic carbocycles. The van der Waals surface area contributed by atoms with E-state index in [9.17, 15) is 4.79 Å². The number of rotatable bonds is 7. The quantitative estimate of drug-likeness (QED) is 0.753. The van der Waals surface area contributed by atoms with E-state index in [0.29, 0.717) is 30.6 Å². The molecular weight excluding hydrogens is 264 g/mol. The van der Waals surface area contributed by atoms with Crippen molar-refractivity contribution in [1.82, 2.24) is 10.6 Å². The van der Waals surface area contributed by atoms with Gasteiger partial charge in [-0.3, -0.25) is 4.79 Å². The number of benzene rings is 1. The van der Waals surface area contributed by atoms with Gasteiger partial charge in [0, 0.05) is 36.1 Å². The normalized spacial score (nSPS) is 14.2. The molecule has 5 heteroatoms. The van der Waals surface area contributed by atoms with Gasteiger partial charge >= 0.3 is 0 Å². The summed E-state index contributed by atoms with van der Waals surface area (Å²) in [6, 6.07) is 5.95. The van der Waals surface area contributed by atoms with E-state index in [-0.39, 0.29) is 5.91 Å². The molecule has 104 valence electrons. The lowest BCUT2D eigenvalue weighted by Crippen LogP contribution is -2.29. The Balaban J connectivity index is 1.72. The third-order valence-corrected chi connectivity index (χ3v) is 3.26. The highest BCUT2D eigenvalue weighted by atomic mass is 35.5. The summed E-state index contributed by atoms with van der Waals surface area (Å²) in [5, 5.41) is 6.87. The Morgan fingerprint density at radius 2 is 2.26 bits per heavy atom. The molecule has 1 aromatic carbocycles. The fraction of sp³-hybridized carbons (Fsp3) is 0.500. The topological polar surface area (TPSA) is 50.4 Å². The predicted molar refractivity (Wildman–Crippen MR) is 75.5 cm³/mol. The molecule has 0 spiro atoms. The molecule has 1 aliphatic rings. The van der Waals surface area contributed by atoms with Crippen LogP contribution in [0.2, 0.25) is 5.02 Å². The zero-order chi connectivity index (χ0) is 13.7. The van der Waals surface area contributed by atoms with E-state index < -0.39 is 0 Å². The summed E-state index contributed by atoms with van der Waals surface area (Å²) in [4.78, 5) is 11.5. The number of hydrogen-bond donors (Lipinski definition) is 2. The number of ether oxygens (including phenoxy) is 1. The van der Waals surface area contributed by atoms with Crippen molar-refractivity contribution >= 4 is 17.5 Å². The Hall–Kier alpha value is -1.26. The maximum absolute atomic E-state index is 11.5. The number of hydrogen-bond acceptors (Lipinski definition) is 3. The van der Waals surface area contributed by atoms with Crippen molar-refractivity contribution < 1.29 is 9.53 Å². The molecule has 2 rings (SSSR count). The average Bonchev–Trinajstić information content (AvgIpc) is 3.19. The van der Waals surface area contributed by atoms with Crippen molar-refractivity contribution in [2.24, 2.45) is 0 Å². The van der Waals surface area contributed by atoms with Crippen LogP contribution in [-0.2, 0) is 11.3 Å². The van der Waals surface area contributed by atoms with Crippen LogP contribution in [0, 0.1) is 0 Å². The maximum Gasteiger partial charge on any atom is 0.221 e. The van der Waals surface area contributed by atoms with Gasteiger partial charge in [0.2, 0.25) is 5.91 Å². The molecule has 0 aliphatic heterocycles. The van der Waals surface area contributed by atoms with Crippen LogP contribution in [0.4, 0.5) is 0 Å². The lowest BCUT2D eigenvalue weighted by molar-refractivity contribution is -0.121. The summed E-state index contributed by atoms with van der Waals surface area (Å²) in [5.74, 6) is 0.924. The molecule has 0 unspecified atom stereocenters. The summed E-state index contributed by atoms with van der Waals surface area (Å²) in [7, 11) is 1.63. The van der Waals surface area contributed by atoms with Crippen LogP contribution in [0.1, 0.15) is 24.8 Å². The van der Waals surface area contributed by atoms with E-state index >= 15 is 0 Å². The molecule has 4 nitrogen and oxygen atoms in total. The molecule has 2 N–H and O–H groups in total. The highest BCUT2D eigenvalue weighted by Crippen LogP contribution is 2.22. The first-order valence-corrected chi connectivity index (χ1v) is 6.89. The largest absolute Gasteiger partial charge is 0.496 e. The third kappa shape index (κ3) is 4.73. The van der Waals surface area contributed by atoms with Gasteiger partial charge < -0.3 is 15.4 Å². The average molecular weight is 283 g/mol. The number of halogens is 1. The zero-order valence-corrected chi connectivity index (χ0v) is 11.8. The molecule has 0 aromatic heterocycles. The highest BCUT2D eigenvalue weighted by molar-refractivity contribution is 6.30. The molecule has 19 heavy (non-hydrogen) atoms. The second-order valence-electron chi connectivity index (χ2n) is 4.72. The zero-order valence-electron chi connectivity index (χ0n) is 11.0.